The number of carbonyl (C=O) groups excluding carboxylic acids is 1. The monoisotopic (exact) mass is 326 g/mol. The van der Waals surface area contributed by atoms with Crippen molar-refractivity contribution in [2.75, 3.05) is 20.8 Å². The molecule has 4 nitrogen and oxygen atoms in total. The normalized spacial score (nSPS) is 10.6. The first-order valence-electron chi connectivity index (χ1n) is 7.85. The van der Waals surface area contributed by atoms with Crippen LogP contribution in [0, 0.1) is 0 Å². The zero-order valence-corrected chi connectivity index (χ0v) is 14.2. The second kappa shape index (κ2) is 8.77. The molecule has 0 spiro atoms. The van der Waals surface area contributed by atoms with E-state index in [4.69, 9.17) is 14.2 Å². The van der Waals surface area contributed by atoms with E-state index in [1.807, 2.05) is 24.3 Å². The summed E-state index contributed by atoms with van der Waals surface area (Å²) in [5.74, 6) is 1.85. The minimum Gasteiger partial charge on any atom is -0.497 e. The molecule has 24 heavy (non-hydrogen) atoms. The molecule has 0 bridgehead atoms. The van der Waals surface area contributed by atoms with Crippen molar-refractivity contribution in [3.05, 3.63) is 59.7 Å². The number of carbonyl (C=O) groups is 1. The second-order valence-corrected chi connectivity index (χ2v) is 5.18. The van der Waals surface area contributed by atoms with E-state index in [0.29, 0.717) is 23.7 Å². The van der Waals surface area contributed by atoms with Gasteiger partial charge in [-0.2, -0.15) is 0 Å². The molecular formula is C20H22O4. The standard InChI is InChI=1S/C20H22O4/c1-4-13-24-16-8-5-15(6-9-16)7-12-19(21)18-11-10-17(22-2)14-20(18)23-3/h5-12,14H,4,13H2,1-3H3. The van der Waals surface area contributed by atoms with Gasteiger partial charge in [-0.25, -0.2) is 0 Å². The first-order chi connectivity index (χ1) is 11.7. The van der Waals surface area contributed by atoms with Crippen molar-refractivity contribution < 1.29 is 19.0 Å². The number of benzene rings is 2. The van der Waals surface area contributed by atoms with Crippen LogP contribution in [0.25, 0.3) is 6.08 Å². The highest BCUT2D eigenvalue weighted by atomic mass is 16.5. The summed E-state index contributed by atoms with van der Waals surface area (Å²) in [4.78, 5) is 12.4. The molecule has 0 unspecified atom stereocenters. The third-order valence-corrected chi connectivity index (χ3v) is 3.45. The largest absolute Gasteiger partial charge is 0.497 e. The van der Waals surface area contributed by atoms with Gasteiger partial charge < -0.3 is 14.2 Å². The van der Waals surface area contributed by atoms with Crippen LogP contribution < -0.4 is 14.2 Å². The molecule has 0 N–H and O–H groups in total. The van der Waals surface area contributed by atoms with Crippen molar-refractivity contribution in [3.63, 3.8) is 0 Å². The Labute approximate surface area is 142 Å². The Balaban J connectivity index is 2.10. The smallest absolute Gasteiger partial charge is 0.189 e. The minimum absolute atomic E-state index is 0.124. The zero-order valence-electron chi connectivity index (χ0n) is 14.2. The van der Waals surface area contributed by atoms with Crippen LogP contribution >= 0.6 is 0 Å². The summed E-state index contributed by atoms with van der Waals surface area (Å²) >= 11 is 0. The second-order valence-electron chi connectivity index (χ2n) is 5.18. The number of methoxy groups -OCH3 is 2. The molecule has 2 aromatic carbocycles. The van der Waals surface area contributed by atoms with Crippen LogP contribution in [0.5, 0.6) is 17.2 Å². The lowest BCUT2D eigenvalue weighted by Gasteiger charge is -2.08. The van der Waals surface area contributed by atoms with Crippen molar-refractivity contribution in [2.45, 2.75) is 13.3 Å². The van der Waals surface area contributed by atoms with Crippen LogP contribution in [0.2, 0.25) is 0 Å². The number of ether oxygens (including phenoxy) is 3. The predicted octanol–water partition coefficient (Wildman–Crippen LogP) is 4.39. The molecule has 0 saturated heterocycles. The topological polar surface area (TPSA) is 44.8 Å². The van der Waals surface area contributed by atoms with E-state index < -0.39 is 0 Å². The van der Waals surface area contributed by atoms with Gasteiger partial charge in [0.05, 0.1) is 26.4 Å². The summed E-state index contributed by atoms with van der Waals surface area (Å²) in [6.45, 7) is 2.76. The highest BCUT2D eigenvalue weighted by molar-refractivity contribution is 6.08. The highest BCUT2D eigenvalue weighted by Crippen LogP contribution is 2.25. The lowest BCUT2D eigenvalue weighted by molar-refractivity contribution is 0.104. The molecule has 0 aromatic heterocycles. The van der Waals surface area contributed by atoms with Crippen molar-refractivity contribution in [3.8, 4) is 17.2 Å². The van der Waals surface area contributed by atoms with E-state index in [-0.39, 0.29) is 5.78 Å². The maximum Gasteiger partial charge on any atom is 0.189 e. The summed E-state index contributed by atoms with van der Waals surface area (Å²) in [5, 5.41) is 0. The Hall–Kier alpha value is -2.75. The number of allylic oxidation sites excluding steroid dienone is 1. The van der Waals surface area contributed by atoms with Crippen LogP contribution in [0.3, 0.4) is 0 Å². The molecule has 2 aromatic rings. The van der Waals surface area contributed by atoms with Gasteiger partial charge in [0.15, 0.2) is 5.78 Å². The fourth-order valence-corrected chi connectivity index (χ4v) is 2.16. The third kappa shape index (κ3) is 4.62. The van der Waals surface area contributed by atoms with Crippen LogP contribution in [-0.2, 0) is 0 Å². The summed E-state index contributed by atoms with van der Waals surface area (Å²) in [7, 11) is 3.11. The van der Waals surface area contributed by atoms with E-state index >= 15 is 0 Å². The maximum atomic E-state index is 12.4. The number of hydrogen-bond donors (Lipinski definition) is 0. The average molecular weight is 326 g/mol. The number of rotatable bonds is 8. The highest BCUT2D eigenvalue weighted by Gasteiger charge is 2.10. The molecule has 2 rings (SSSR count). The molecule has 0 amide bonds. The molecule has 0 saturated carbocycles. The van der Waals surface area contributed by atoms with Gasteiger partial charge in [-0.15, -0.1) is 0 Å². The first kappa shape index (κ1) is 17.6. The van der Waals surface area contributed by atoms with E-state index in [1.54, 1.807) is 31.4 Å². The fourth-order valence-electron chi connectivity index (χ4n) is 2.16. The summed E-state index contributed by atoms with van der Waals surface area (Å²) in [6, 6.07) is 12.8. The summed E-state index contributed by atoms with van der Waals surface area (Å²) in [5.41, 5.74) is 1.43. The Kier molecular flexibility index (Phi) is 6.43. The predicted molar refractivity (Wildman–Crippen MR) is 95.1 cm³/mol. The van der Waals surface area contributed by atoms with Crippen LogP contribution in [0.4, 0.5) is 0 Å². The summed E-state index contributed by atoms with van der Waals surface area (Å²) in [6.07, 6.45) is 4.28. The van der Waals surface area contributed by atoms with Crippen molar-refractivity contribution >= 4 is 11.9 Å². The van der Waals surface area contributed by atoms with Crippen LogP contribution in [0.1, 0.15) is 29.3 Å². The van der Waals surface area contributed by atoms with Gasteiger partial charge >= 0.3 is 0 Å². The first-order valence-corrected chi connectivity index (χ1v) is 7.85. The fraction of sp³-hybridized carbons (Fsp3) is 0.250. The van der Waals surface area contributed by atoms with Crippen molar-refractivity contribution in [2.24, 2.45) is 0 Å². The van der Waals surface area contributed by atoms with Gasteiger partial charge in [-0.3, -0.25) is 4.79 Å². The maximum absolute atomic E-state index is 12.4. The lowest BCUT2D eigenvalue weighted by atomic mass is 10.1. The van der Waals surface area contributed by atoms with Gasteiger partial charge in [0.1, 0.15) is 17.2 Å². The molecule has 126 valence electrons. The molecule has 0 fully saturated rings. The third-order valence-electron chi connectivity index (χ3n) is 3.45. The van der Waals surface area contributed by atoms with Gasteiger partial charge in [0, 0.05) is 6.07 Å². The molecular weight excluding hydrogens is 304 g/mol. The van der Waals surface area contributed by atoms with Gasteiger partial charge in [0.2, 0.25) is 0 Å². The van der Waals surface area contributed by atoms with Gasteiger partial charge in [-0.05, 0) is 42.3 Å². The number of hydrogen-bond acceptors (Lipinski definition) is 4. The molecule has 0 heterocycles. The quantitative estimate of drug-likeness (QED) is 0.533. The minimum atomic E-state index is -0.124. The molecule has 0 atom stereocenters. The SMILES string of the molecule is CCCOc1ccc(C=CC(=O)c2ccc(OC)cc2OC)cc1. The molecule has 0 radical (unpaired) electrons. The summed E-state index contributed by atoms with van der Waals surface area (Å²) < 4.78 is 15.9. The molecule has 4 heteroatoms. The average Bonchev–Trinajstić information content (AvgIpc) is 2.64. The number of ketones is 1. The Morgan fingerprint density at radius 3 is 2.33 bits per heavy atom. The van der Waals surface area contributed by atoms with Crippen LogP contribution in [0.15, 0.2) is 48.5 Å². The van der Waals surface area contributed by atoms with Crippen LogP contribution in [-0.4, -0.2) is 26.6 Å². The van der Waals surface area contributed by atoms with E-state index in [2.05, 4.69) is 6.92 Å². The van der Waals surface area contributed by atoms with E-state index in [1.165, 1.54) is 13.2 Å². The van der Waals surface area contributed by atoms with Gasteiger partial charge in [0.25, 0.3) is 0 Å². The van der Waals surface area contributed by atoms with Crippen molar-refractivity contribution in [1.82, 2.24) is 0 Å². The lowest BCUT2D eigenvalue weighted by Crippen LogP contribution is -1.99. The molecule has 0 aliphatic carbocycles. The molecule has 0 aliphatic rings. The Morgan fingerprint density at radius 1 is 1.00 bits per heavy atom. The Bertz CT molecular complexity index is 702. The molecule has 0 aliphatic heterocycles. The Morgan fingerprint density at radius 2 is 1.71 bits per heavy atom. The van der Waals surface area contributed by atoms with Crippen molar-refractivity contribution in [1.29, 1.82) is 0 Å². The van der Waals surface area contributed by atoms with E-state index in [9.17, 15) is 4.79 Å². The van der Waals surface area contributed by atoms with Gasteiger partial charge in [-0.1, -0.05) is 25.1 Å². The van der Waals surface area contributed by atoms with E-state index in [0.717, 1.165) is 17.7 Å². The zero-order chi connectivity index (χ0) is 17.4.